The molecular formula is C22H37NO. The first-order valence-corrected chi connectivity index (χ1v) is 9.90. The molecule has 1 atom stereocenters. The monoisotopic (exact) mass is 331 g/mol. The minimum Gasteiger partial charge on any atom is -0.326 e. The summed E-state index contributed by atoms with van der Waals surface area (Å²) in [5.41, 5.74) is 2.28. The predicted octanol–water partition coefficient (Wildman–Crippen LogP) is 6.60. The van der Waals surface area contributed by atoms with Crippen LogP contribution >= 0.6 is 0 Å². The van der Waals surface area contributed by atoms with Gasteiger partial charge >= 0.3 is 0 Å². The first-order chi connectivity index (χ1) is 11.5. The predicted molar refractivity (Wildman–Crippen MR) is 105 cm³/mol. The van der Waals surface area contributed by atoms with Crippen molar-refractivity contribution < 1.29 is 4.79 Å². The van der Waals surface area contributed by atoms with Crippen molar-refractivity contribution in [2.24, 2.45) is 11.8 Å². The van der Waals surface area contributed by atoms with Crippen LogP contribution in [0.3, 0.4) is 0 Å². The van der Waals surface area contributed by atoms with Gasteiger partial charge in [0.2, 0.25) is 5.91 Å². The number of carbonyl (C=O) groups excluding carboxylic acids is 1. The standard InChI is InChI=1S/C22H37NO/c1-5-10-19(4)17-20-13-15-21(16-14-20)23-22(24)12-9-7-6-8-11-18(2)3/h13-16,18-19H,5-12,17H2,1-4H3,(H,23,24). The zero-order valence-electron chi connectivity index (χ0n) is 16.2. The number of anilines is 1. The van der Waals surface area contributed by atoms with Gasteiger partial charge in [-0.2, -0.15) is 0 Å². The van der Waals surface area contributed by atoms with Crippen LogP contribution in [0.15, 0.2) is 24.3 Å². The maximum Gasteiger partial charge on any atom is 0.224 e. The molecule has 0 saturated heterocycles. The Kier molecular flexibility index (Phi) is 10.5. The Morgan fingerprint density at radius 1 is 0.958 bits per heavy atom. The zero-order valence-corrected chi connectivity index (χ0v) is 16.2. The van der Waals surface area contributed by atoms with E-state index >= 15 is 0 Å². The highest BCUT2D eigenvalue weighted by atomic mass is 16.1. The second-order valence-corrected chi connectivity index (χ2v) is 7.69. The summed E-state index contributed by atoms with van der Waals surface area (Å²) in [7, 11) is 0. The van der Waals surface area contributed by atoms with Gasteiger partial charge in [0.1, 0.15) is 0 Å². The number of benzene rings is 1. The number of amides is 1. The van der Waals surface area contributed by atoms with E-state index in [9.17, 15) is 4.79 Å². The summed E-state index contributed by atoms with van der Waals surface area (Å²) >= 11 is 0. The van der Waals surface area contributed by atoms with Gasteiger partial charge in [0.15, 0.2) is 0 Å². The van der Waals surface area contributed by atoms with E-state index in [1.54, 1.807) is 0 Å². The molecule has 0 spiro atoms. The van der Waals surface area contributed by atoms with Crippen molar-refractivity contribution >= 4 is 11.6 Å². The van der Waals surface area contributed by atoms with Gasteiger partial charge in [0.05, 0.1) is 0 Å². The number of carbonyl (C=O) groups is 1. The summed E-state index contributed by atoms with van der Waals surface area (Å²) in [6.07, 6.45) is 10.3. The van der Waals surface area contributed by atoms with Crippen molar-refractivity contribution in [3.8, 4) is 0 Å². The second kappa shape index (κ2) is 12.1. The summed E-state index contributed by atoms with van der Waals surface area (Å²) in [6, 6.07) is 8.37. The Morgan fingerprint density at radius 2 is 1.62 bits per heavy atom. The molecule has 1 unspecified atom stereocenters. The average molecular weight is 332 g/mol. The lowest BCUT2D eigenvalue weighted by molar-refractivity contribution is -0.116. The summed E-state index contributed by atoms with van der Waals surface area (Å²) < 4.78 is 0. The van der Waals surface area contributed by atoms with Gasteiger partial charge in [0, 0.05) is 12.1 Å². The van der Waals surface area contributed by atoms with Gasteiger partial charge in [-0.1, -0.05) is 78.4 Å². The van der Waals surface area contributed by atoms with Crippen molar-refractivity contribution in [1.29, 1.82) is 0 Å². The van der Waals surface area contributed by atoms with E-state index < -0.39 is 0 Å². The van der Waals surface area contributed by atoms with E-state index in [1.165, 1.54) is 37.7 Å². The Bertz CT molecular complexity index is 450. The summed E-state index contributed by atoms with van der Waals surface area (Å²) in [4.78, 5) is 12.0. The molecule has 0 radical (unpaired) electrons. The first kappa shape index (κ1) is 20.7. The second-order valence-electron chi connectivity index (χ2n) is 7.69. The molecule has 1 rings (SSSR count). The molecule has 1 amide bonds. The molecule has 136 valence electrons. The Morgan fingerprint density at radius 3 is 2.25 bits per heavy atom. The molecule has 2 nitrogen and oxygen atoms in total. The van der Waals surface area contributed by atoms with E-state index in [0.717, 1.165) is 36.8 Å². The molecule has 0 aliphatic carbocycles. The highest BCUT2D eigenvalue weighted by molar-refractivity contribution is 5.90. The minimum atomic E-state index is 0.144. The van der Waals surface area contributed by atoms with E-state index in [2.05, 4.69) is 45.1 Å². The van der Waals surface area contributed by atoms with Crippen LogP contribution in [0, 0.1) is 11.8 Å². The first-order valence-electron chi connectivity index (χ1n) is 9.90. The van der Waals surface area contributed by atoms with E-state index in [-0.39, 0.29) is 5.91 Å². The third-order valence-corrected chi connectivity index (χ3v) is 4.54. The number of hydrogen-bond acceptors (Lipinski definition) is 1. The molecule has 0 aliphatic heterocycles. The van der Waals surface area contributed by atoms with Crippen LogP contribution < -0.4 is 5.32 Å². The molecule has 0 heterocycles. The molecule has 1 N–H and O–H groups in total. The van der Waals surface area contributed by atoms with Crippen LogP contribution in [0.4, 0.5) is 5.69 Å². The molecule has 0 aromatic heterocycles. The maximum atomic E-state index is 12.0. The molecule has 1 aromatic carbocycles. The van der Waals surface area contributed by atoms with Gasteiger partial charge in [-0.3, -0.25) is 4.79 Å². The highest BCUT2D eigenvalue weighted by Crippen LogP contribution is 2.17. The Labute approximate surface area is 149 Å². The highest BCUT2D eigenvalue weighted by Gasteiger charge is 2.05. The van der Waals surface area contributed by atoms with Crippen LogP contribution in [-0.2, 0) is 11.2 Å². The minimum absolute atomic E-state index is 0.144. The van der Waals surface area contributed by atoms with Gasteiger partial charge in [-0.25, -0.2) is 0 Å². The number of unbranched alkanes of at least 4 members (excludes halogenated alkanes) is 3. The zero-order chi connectivity index (χ0) is 17.8. The fourth-order valence-corrected chi connectivity index (χ4v) is 3.14. The molecule has 24 heavy (non-hydrogen) atoms. The van der Waals surface area contributed by atoms with Gasteiger partial charge in [0.25, 0.3) is 0 Å². The number of nitrogens with one attached hydrogen (secondary N) is 1. The molecular weight excluding hydrogens is 294 g/mol. The van der Waals surface area contributed by atoms with Crippen LogP contribution in [0.25, 0.3) is 0 Å². The summed E-state index contributed by atoms with van der Waals surface area (Å²) in [5.74, 6) is 1.67. The van der Waals surface area contributed by atoms with E-state index in [0.29, 0.717) is 6.42 Å². The summed E-state index contributed by atoms with van der Waals surface area (Å²) in [5, 5.41) is 3.02. The van der Waals surface area contributed by atoms with Crippen LogP contribution in [0.1, 0.15) is 84.6 Å². The van der Waals surface area contributed by atoms with Crippen molar-refractivity contribution in [2.45, 2.75) is 85.5 Å². The van der Waals surface area contributed by atoms with Crippen molar-refractivity contribution in [3.05, 3.63) is 29.8 Å². The van der Waals surface area contributed by atoms with Crippen LogP contribution in [0.2, 0.25) is 0 Å². The average Bonchev–Trinajstić information content (AvgIpc) is 2.52. The van der Waals surface area contributed by atoms with Crippen molar-refractivity contribution in [1.82, 2.24) is 0 Å². The fraction of sp³-hybridized carbons (Fsp3) is 0.682. The third-order valence-electron chi connectivity index (χ3n) is 4.54. The van der Waals surface area contributed by atoms with E-state index in [4.69, 9.17) is 0 Å². The quantitative estimate of drug-likeness (QED) is 0.429. The lowest BCUT2D eigenvalue weighted by Gasteiger charge is -2.11. The van der Waals surface area contributed by atoms with Gasteiger partial charge in [-0.05, 0) is 42.4 Å². The number of hydrogen-bond donors (Lipinski definition) is 1. The lowest BCUT2D eigenvalue weighted by Crippen LogP contribution is -2.11. The summed E-state index contributed by atoms with van der Waals surface area (Å²) in [6.45, 7) is 9.08. The molecule has 0 saturated carbocycles. The topological polar surface area (TPSA) is 29.1 Å². The molecule has 1 aromatic rings. The molecule has 0 bridgehead atoms. The fourth-order valence-electron chi connectivity index (χ4n) is 3.14. The maximum absolute atomic E-state index is 12.0. The van der Waals surface area contributed by atoms with Crippen LogP contribution in [-0.4, -0.2) is 5.91 Å². The largest absolute Gasteiger partial charge is 0.326 e. The van der Waals surface area contributed by atoms with Gasteiger partial charge < -0.3 is 5.32 Å². The lowest BCUT2D eigenvalue weighted by atomic mass is 9.97. The van der Waals surface area contributed by atoms with Crippen LogP contribution in [0.5, 0.6) is 0 Å². The molecule has 2 heteroatoms. The van der Waals surface area contributed by atoms with Crippen molar-refractivity contribution in [2.75, 3.05) is 5.32 Å². The smallest absolute Gasteiger partial charge is 0.224 e. The Hall–Kier alpha value is -1.31. The SMILES string of the molecule is CCCC(C)Cc1ccc(NC(=O)CCCCCCC(C)C)cc1. The molecule has 0 fully saturated rings. The van der Waals surface area contributed by atoms with E-state index in [1.807, 2.05) is 12.1 Å². The Balaban J connectivity index is 2.22. The normalized spacial score (nSPS) is 12.4. The third kappa shape index (κ3) is 9.75. The van der Waals surface area contributed by atoms with Gasteiger partial charge in [-0.15, -0.1) is 0 Å². The number of rotatable bonds is 12. The molecule has 0 aliphatic rings. The van der Waals surface area contributed by atoms with Crippen molar-refractivity contribution in [3.63, 3.8) is 0 Å².